The molecule has 1 aromatic heterocycles. The Morgan fingerprint density at radius 2 is 1.62 bits per heavy atom. The molecule has 0 radical (unpaired) electrons. The quantitative estimate of drug-likeness (QED) is 0.757. The van der Waals surface area contributed by atoms with Crippen LogP contribution in [0.2, 0.25) is 0 Å². The third-order valence-electron chi connectivity index (χ3n) is 4.25. The summed E-state index contributed by atoms with van der Waals surface area (Å²) in [6, 6.07) is 3.72. The Hall–Kier alpha value is -1.53. The van der Waals surface area contributed by atoms with Gasteiger partial charge in [-0.25, -0.2) is 8.78 Å². The maximum Gasteiger partial charge on any atom is 0.496 e. The molecule has 0 amide bonds. The van der Waals surface area contributed by atoms with Gasteiger partial charge in [0, 0.05) is 23.1 Å². The molecule has 3 rings (SSSR count). The van der Waals surface area contributed by atoms with E-state index >= 15 is 0 Å². The first-order valence-electron chi connectivity index (χ1n) is 6.80. The molecule has 6 heteroatoms. The van der Waals surface area contributed by atoms with E-state index in [1.165, 1.54) is 12.3 Å². The van der Waals surface area contributed by atoms with E-state index < -0.39 is 30.0 Å². The molecule has 21 heavy (non-hydrogen) atoms. The van der Waals surface area contributed by atoms with E-state index in [2.05, 4.69) is 4.98 Å². The number of rotatable bonds is 1. The standard InChI is InChI=1S/C15H16BF2NO2/c1-14(2)15(3,4)21-16(20-14)10-5-9-6-11(17)7-12(18)13(9)19-8-10/h5-8H,1-4H3. The van der Waals surface area contributed by atoms with Gasteiger partial charge < -0.3 is 9.31 Å². The van der Waals surface area contributed by atoms with Gasteiger partial charge in [-0.15, -0.1) is 0 Å². The van der Waals surface area contributed by atoms with Gasteiger partial charge in [0.15, 0.2) is 5.82 Å². The summed E-state index contributed by atoms with van der Waals surface area (Å²) in [5, 5.41) is 0.389. The number of halogens is 2. The Kier molecular flexibility index (Phi) is 3.08. The number of hydrogen-bond acceptors (Lipinski definition) is 3. The molecule has 3 nitrogen and oxygen atoms in total. The summed E-state index contributed by atoms with van der Waals surface area (Å²) >= 11 is 0. The van der Waals surface area contributed by atoms with Crippen LogP contribution in [0.25, 0.3) is 10.9 Å². The Balaban J connectivity index is 2.03. The van der Waals surface area contributed by atoms with Gasteiger partial charge in [0.25, 0.3) is 0 Å². The van der Waals surface area contributed by atoms with E-state index in [4.69, 9.17) is 9.31 Å². The Morgan fingerprint density at radius 3 is 2.24 bits per heavy atom. The summed E-state index contributed by atoms with van der Waals surface area (Å²) in [4.78, 5) is 4.06. The second-order valence-electron chi connectivity index (χ2n) is 6.32. The van der Waals surface area contributed by atoms with Crippen molar-refractivity contribution in [2.24, 2.45) is 0 Å². The number of hydrogen-bond donors (Lipinski definition) is 0. The van der Waals surface area contributed by atoms with E-state index in [0.717, 1.165) is 6.07 Å². The fourth-order valence-electron chi connectivity index (χ4n) is 2.30. The third kappa shape index (κ3) is 2.32. The van der Waals surface area contributed by atoms with Crippen molar-refractivity contribution in [2.45, 2.75) is 38.9 Å². The van der Waals surface area contributed by atoms with Crippen LogP contribution in [0.5, 0.6) is 0 Å². The van der Waals surface area contributed by atoms with Crippen LogP contribution < -0.4 is 5.46 Å². The van der Waals surface area contributed by atoms with Gasteiger partial charge in [-0.1, -0.05) is 6.07 Å². The molecule has 1 aliphatic heterocycles. The molecular weight excluding hydrogens is 275 g/mol. The molecule has 0 saturated carbocycles. The molecule has 1 fully saturated rings. The third-order valence-corrected chi connectivity index (χ3v) is 4.25. The van der Waals surface area contributed by atoms with Crippen molar-refractivity contribution in [1.29, 1.82) is 0 Å². The van der Waals surface area contributed by atoms with Crippen LogP contribution in [0.3, 0.4) is 0 Å². The molecule has 2 heterocycles. The van der Waals surface area contributed by atoms with Crippen molar-refractivity contribution >= 4 is 23.5 Å². The highest BCUT2D eigenvalue weighted by molar-refractivity contribution is 6.62. The summed E-state index contributed by atoms with van der Waals surface area (Å²) in [5.74, 6) is -1.31. The van der Waals surface area contributed by atoms with E-state index in [1.54, 1.807) is 6.07 Å². The molecule has 0 spiro atoms. The van der Waals surface area contributed by atoms with E-state index in [1.807, 2.05) is 27.7 Å². The number of benzene rings is 1. The minimum Gasteiger partial charge on any atom is -0.399 e. The molecule has 0 atom stereocenters. The molecule has 1 saturated heterocycles. The summed E-state index contributed by atoms with van der Waals surface area (Å²) in [6.45, 7) is 7.78. The first-order chi connectivity index (χ1) is 9.69. The number of fused-ring (bicyclic) bond motifs is 1. The second-order valence-corrected chi connectivity index (χ2v) is 6.32. The molecule has 2 aromatic rings. The molecule has 0 aliphatic carbocycles. The van der Waals surface area contributed by atoms with Gasteiger partial charge in [-0.2, -0.15) is 0 Å². The first kappa shape index (κ1) is 14.4. The zero-order valence-electron chi connectivity index (χ0n) is 12.4. The lowest BCUT2D eigenvalue weighted by Gasteiger charge is -2.32. The highest BCUT2D eigenvalue weighted by atomic mass is 19.1. The van der Waals surface area contributed by atoms with Crippen LogP contribution in [0.15, 0.2) is 24.4 Å². The molecule has 110 valence electrons. The zero-order chi connectivity index (χ0) is 15.4. The molecular formula is C15H16BF2NO2. The van der Waals surface area contributed by atoms with Gasteiger partial charge in [0.2, 0.25) is 0 Å². The maximum atomic E-state index is 13.6. The fraction of sp³-hybridized carbons (Fsp3) is 0.400. The Labute approximate surface area is 122 Å². The fourth-order valence-corrected chi connectivity index (χ4v) is 2.30. The predicted octanol–water partition coefficient (Wildman–Crippen LogP) is 2.81. The summed E-state index contributed by atoms with van der Waals surface area (Å²) in [7, 11) is -0.599. The smallest absolute Gasteiger partial charge is 0.399 e. The lowest BCUT2D eigenvalue weighted by atomic mass is 9.80. The first-order valence-corrected chi connectivity index (χ1v) is 6.80. The normalized spacial score (nSPS) is 20.2. The highest BCUT2D eigenvalue weighted by Gasteiger charge is 2.51. The SMILES string of the molecule is CC1(C)OB(c2cnc3c(F)cc(F)cc3c2)OC1(C)C. The summed E-state index contributed by atoms with van der Waals surface area (Å²) in [6.07, 6.45) is 1.51. The van der Waals surface area contributed by atoms with Crippen molar-refractivity contribution < 1.29 is 18.1 Å². The van der Waals surface area contributed by atoms with Crippen LogP contribution in [-0.2, 0) is 9.31 Å². The highest BCUT2D eigenvalue weighted by Crippen LogP contribution is 2.36. The lowest BCUT2D eigenvalue weighted by Crippen LogP contribution is -2.41. The maximum absolute atomic E-state index is 13.6. The molecule has 0 N–H and O–H groups in total. The molecule has 0 bridgehead atoms. The van der Waals surface area contributed by atoms with Crippen LogP contribution in [0.1, 0.15) is 27.7 Å². The minimum absolute atomic E-state index is 0.136. The van der Waals surface area contributed by atoms with E-state index in [0.29, 0.717) is 10.8 Å². The predicted molar refractivity (Wildman–Crippen MR) is 77.4 cm³/mol. The molecule has 0 unspecified atom stereocenters. The Bertz CT molecular complexity index is 702. The van der Waals surface area contributed by atoms with Crippen molar-refractivity contribution in [3.63, 3.8) is 0 Å². The number of pyridine rings is 1. The van der Waals surface area contributed by atoms with Crippen LogP contribution in [-0.4, -0.2) is 23.3 Å². The average molecular weight is 291 g/mol. The van der Waals surface area contributed by atoms with Crippen molar-refractivity contribution in [2.75, 3.05) is 0 Å². The summed E-state index contributed by atoms with van der Waals surface area (Å²) in [5.41, 5.74) is -0.164. The molecule has 1 aromatic carbocycles. The molecule has 1 aliphatic rings. The van der Waals surface area contributed by atoms with Crippen LogP contribution in [0.4, 0.5) is 8.78 Å². The topological polar surface area (TPSA) is 31.4 Å². The lowest BCUT2D eigenvalue weighted by molar-refractivity contribution is 0.00578. The summed E-state index contributed by atoms with van der Waals surface area (Å²) < 4.78 is 38.8. The van der Waals surface area contributed by atoms with Crippen molar-refractivity contribution in [3.05, 3.63) is 36.0 Å². The number of nitrogens with zero attached hydrogens (tertiary/aromatic N) is 1. The Morgan fingerprint density at radius 1 is 1.00 bits per heavy atom. The monoisotopic (exact) mass is 291 g/mol. The average Bonchev–Trinajstić information content (AvgIpc) is 2.57. The largest absolute Gasteiger partial charge is 0.496 e. The van der Waals surface area contributed by atoms with Crippen molar-refractivity contribution in [3.8, 4) is 0 Å². The number of aromatic nitrogens is 1. The second kappa shape index (κ2) is 4.48. The van der Waals surface area contributed by atoms with Gasteiger partial charge in [-0.3, -0.25) is 4.98 Å². The minimum atomic E-state index is -0.675. The van der Waals surface area contributed by atoms with E-state index in [-0.39, 0.29) is 5.52 Å². The van der Waals surface area contributed by atoms with E-state index in [9.17, 15) is 8.78 Å². The zero-order valence-corrected chi connectivity index (χ0v) is 12.4. The van der Waals surface area contributed by atoms with Crippen LogP contribution >= 0.6 is 0 Å². The van der Waals surface area contributed by atoms with Gasteiger partial charge in [-0.05, 0) is 33.8 Å². The van der Waals surface area contributed by atoms with Gasteiger partial charge in [0.05, 0.1) is 11.2 Å². The van der Waals surface area contributed by atoms with Gasteiger partial charge >= 0.3 is 7.12 Å². The van der Waals surface area contributed by atoms with Crippen LogP contribution in [0, 0.1) is 11.6 Å². The van der Waals surface area contributed by atoms with Crippen molar-refractivity contribution in [1.82, 2.24) is 4.98 Å². The van der Waals surface area contributed by atoms with Gasteiger partial charge in [0.1, 0.15) is 11.3 Å².